The van der Waals surface area contributed by atoms with Crippen molar-refractivity contribution in [2.75, 3.05) is 18.4 Å². The second-order valence-corrected chi connectivity index (χ2v) is 7.24. The molecule has 1 N–H and O–H groups in total. The van der Waals surface area contributed by atoms with Crippen molar-refractivity contribution < 1.29 is 26.8 Å². The van der Waals surface area contributed by atoms with Gasteiger partial charge in [0, 0.05) is 24.3 Å². The van der Waals surface area contributed by atoms with E-state index in [0.29, 0.717) is 31.0 Å². The smallest absolute Gasteiger partial charge is 0.416 e. The van der Waals surface area contributed by atoms with E-state index in [-0.39, 0.29) is 23.3 Å². The number of rotatable bonds is 3. The van der Waals surface area contributed by atoms with E-state index in [0.717, 1.165) is 18.6 Å². The van der Waals surface area contributed by atoms with E-state index in [4.69, 9.17) is 4.42 Å². The molecule has 1 aliphatic rings. The fourth-order valence-electron chi connectivity index (χ4n) is 3.42. The summed E-state index contributed by atoms with van der Waals surface area (Å²) in [5, 5.41) is 10.7. The maximum atomic E-state index is 13.1. The molecule has 31 heavy (non-hydrogen) atoms. The van der Waals surface area contributed by atoms with E-state index in [9.17, 15) is 22.4 Å². The molecule has 0 bridgehead atoms. The van der Waals surface area contributed by atoms with Gasteiger partial charge in [-0.25, -0.2) is 9.18 Å². The number of likely N-dealkylation sites (tertiary alicyclic amines) is 1. The van der Waals surface area contributed by atoms with Crippen LogP contribution < -0.4 is 5.32 Å². The largest absolute Gasteiger partial charge is 0.420 e. The zero-order valence-electron chi connectivity index (χ0n) is 16.2. The summed E-state index contributed by atoms with van der Waals surface area (Å²) in [6.07, 6.45) is -2.98. The van der Waals surface area contributed by atoms with Crippen LogP contribution in [0.25, 0.3) is 11.5 Å². The molecule has 2 heterocycles. The Kier molecular flexibility index (Phi) is 5.62. The molecule has 1 unspecified atom stereocenters. The predicted octanol–water partition coefficient (Wildman–Crippen LogP) is 5.31. The number of piperidine rings is 1. The summed E-state index contributed by atoms with van der Waals surface area (Å²) in [7, 11) is 0. The minimum absolute atomic E-state index is 0.172. The highest BCUT2D eigenvalue weighted by Crippen LogP contribution is 2.31. The standard InChI is InChI=1S/C21H18F4N4O2/c22-16-7-3-13(4-8-16)18-27-28-19(31-18)14-2-1-11-29(12-14)20(30)26-17-9-5-15(6-10-17)21(23,24)25/h3-10,14H,1-2,11-12H2,(H,26,30). The lowest BCUT2D eigenvalue weighted by atomic mass is 9.98. The van der Waals surface area contributed by atoms with E-state index in [1.54, 1.807) is 4.90 Å². The third kappa shape index (κ3) is 4.84. The van der Waals surface area contributed by atoms with Crippen LogP contribution in [0.15, 0.2) is 52.9 Å². The van der Waals surface area contributed by atoms with Crippen LogP contribution in [0.2, 0.25) is 0 Å². The molecule has 162 valence electrons. The van der Waals surface area contributed by atoms with Crippen molar-refractivity contribution in [1.29, 1.82) is 0 Å². The highest BCUT2D eigenvalue weighted by Gasteiger charge is 2.31. The van der Waals surface area contributed by atoms with Crippen LogP contribution in [0.5, 0.6) is 0 Å². The average molecular weight is 434 g/mol. The van der Waals surface area contributed by atoms with Gasteiger partial charge >= 0.3 is 12.2 Å². The average Bonchev–Trinajstić information content (AvgIpc) is 3.24. The lowest BCUT2D eigenvalue weighted by molar-refractivity contribution is -0.137. The second-order valence-electron chi connectivity index (χ2n) is 7.24. The third-order valence-electron chi connectivity index (χ3n) is 5.05. The zero-order chi connectivity index (χ0) is 22.0. The summed E-state index contributed by atoms with van der Waals surface area (Å²) >= 11 is 0. The number of aromatic nitrogens is 2. The molecule has 0 radical (unpaired) electrons. The van der Waals surface area contributed by atoms with Gasteiger partial charge in [-0.2, -0.15) is 13.2 Å². The Morgan fingerprint density at radius 2 is 1.77 bits per heavy atom. The molecule has 0 spiro atoms. The first-order chi connectivity index (χ1) is 14.8. The quantitative estimate of drug-likeness (QED) is 0.568. The van der Waals surface area contributed by atoms with Crippen LogP contribution in [0.1, 0.15) is 30.2 Å². The summed E-state index contributed by atoms with van der Waals surface area (Å²) in [6, 6.07) is 9.54. The number of alkyl halides is 3. The van der Waals surface area contributed by atoms with Gasteiger partial charge in [-0.1, -0.05) is 0 Å². The maximum absolute atomic E-state index is 13.1. The van der Waals surface area contributed by atoms with Gasteiger partial charge in [0.2, 0.25) is 11.8 Å². The molecule has 0 saturated carbocycles. The number of halogens is 4. The molecule has 1 atom stereocenters. The van der Waals surface area contributed by atoms with E-state index in [1.807, 2.05) is 0 Å². The van der Waals surface area contributed by atoms with E-state index in [1.165, 1.54) is 36.4 Å². The molecule has 1 aliphatic heterocycles. The van der Waals surface area contributed by atoms with Crippen molar-refractivity contribution in [3.63, 3.8) is 0 Å². The first-order valence-electron chi connectivity index (χ1n) is 9.62. The van der Waals surface area contributed by atoms with Crippen molar-refractivity contribution in [3.05, 3.63) is 65.8 Å². The molecule has 2 aromatic carbocycles. The molecule has 6 nitrogen and oxygen atoms in total. The minimum Gasteiger partial charge on any atom is -0.420 e. The highest BCUT2D eigenvalue weighted by molar-refractivity contribution is 5.89. The monoisotopic (exact) mass is 434 g/mol. The summed E-state index contributed by atoms with van der Waals surface area (Å²) in [5.74, 6) is 0.104. The number of nitrogens with one attached hydrogen (secondary N) is 1. The minimum atomic E-state index is -4.43. The lowest BCUT2D eigenvalue weighted by Crippen LogP contribution is -2.41. The Labute approximate surface area is 174 Å². The fourth-order valence-corrected chi connectivity index (χ4v) is 3.42. The molecule has 1 aromatic heterocycles. The molecular formula is C21H18F4N4O2. The van der Waals surface area contributed by atoms with Gasteiger partial charge in [0.15, 0.2) is 0 Å². The van der Waals surface area contributed by atoms with Crippen molar-refractivity contribution in [3.8, 4) is 11.5 Å². The van der Waals surface area contributed by atoms with Gasteiger partial charge in [0.25, 0.3) is 0 Å². The molecule has 4 rings (SSSR count). The number of hydrogen-bond donors (Lipinski definition) is 1. The Morgan fingerprint density at radius 3 is 2.45 bits per heavy atom. The number of carbonyl (C=O) groups excluding carboxylic acids is 1. The SMILES string of the molecule is O=C(Nc1ccc(C(F)(F)F)cc1)N1CCCC(c2nnc(-c3ccc(F)cc3)o2)C1. The third-order valence-corrected chi connectivity index (χ3v) is 5.05. The molecule has 1 fully saturated rings. The summed E-state index contributed by atoms with van der Waals surface area (Å²) in [4.78, 5) is 14.1. The summed E-state index contributed by atoms with van der Waals surface area (Å²) in [5.41, 5.74) is 0.0845. The van der Waals surface area contributed by atoms with Crippen LogP contribution in [0.4, 0.5) is 28.0 Å². The van der Waals surface area contributed by atoms with Crippen LogP contribution in [0, 0.1) is 5.82 Å². The highest BCUT2D eigenvalue weighted by atomic mass is 19.4. The molecule has 3 aromatic rings. The Balaban J connectivity index is 1.40. The first kappa shape index (κ1) is 20.8. The number of nitrogens with zero attached hydrogens (tertiary/aromatic N) is 3. The van der Waals surface area contributed by atoms with Crippen LogP contribution in [-0.4, -0.2) is 34.2 Å². The topological polar surface area (TPSA) is 71.3 Å². The van der Waals surface area contributed by atoms with Gasteiger partial charge in [-0.3, -0.25) is 0 Å². The predicted molar refractivity (Wildman–Crippen MR) is 104 cm³/mol. The second kappa shape index (κ2) is 8.37. The number of urea groups is 1. The molecular weight excluding hydrogens is 416 g/mol. The van der Waals surface area contributed by atoms with Gasteiger partial charge in [-0.15, -0.1) is 10.2 Å². The van der Waals surface area contributed by atoms with Gasteiger partial charge in [0.1, 0.15) is 5.82 Å². The van der Waals surface area contributed by atoms with Crippen molar-refractivity contribution >= 4 is 11.7 Å². The van der Waals surface area contributed by atoms with Crippen molar-refractivity contribution in [1.82, 2.24) is 15.1 Å². The number of benzene rings is 2. The van der Waals surface area contributed by atoms with E-state index in [2.05, 4.69) is 15.5 Å². The number of hydrogen-bond acceptors (Lipinski definition) is 4. The van der Waals surface area contributed by atoms with Crippen molar-refractivity contribution in [2.24, 2.45) is 0 Å². The van der Waals surface area contributed by atoms with E-state index >= 15 is 0 Å². The van der Waals surface area contributed by atoms with Gasteiger partial charge in [-0.05, 0) is 61.4 Å². The number of anilines is 1. The van der Waals surface area contributed by atoms with Gasteiger partial charge < -0.3 is 14.6 Å². The summed E-state index contributed by atoms with van der Waals surface area (Å²) in [6.45, 7) is 0.833. The van der Waals surface area contributed by atoms with Crippen molar-refractivity contribution in [2.45, 2.75) is 24.9 Å². The molecule has 2 amide bonds. The number of amides is 2. The Bertz CT molecular complexity index is 1050. The maximum Gasteiger partial charge on any atom is 0.416 e. The van der Waals surface area contributed by atoms with Crippen LogP contribution in [0.3, 0.4) is 0 Å². The van der Waals surface area contributed by atoms with Gasteiger partial charge in [0.05, 0.1) is 11.5 Å². The zero-order valence-corrected chi connectivity index (χ0v) is 16.2. The molecule has 0 aliphatic carbocycles. The van der Waals surface area contributed by atoms with Crippen LogP contribution in [-0.2, 0) is 6.18 Å². The normalized spacial score (nSPS) is 16.9. The van der Waals surface area contributed by atoms with Crippen LogP contribution >= 0.6 is 0 Å². The Hall–Kier alpha value is -3.43. The number of carbonyl (C=O) groups is 1. The molecule has 1 saturated heterocycles. The Morgan fingerprint density at radius 1 is 1.06 bits per heavy atom. The molecule has 10 heteroatoms. The fraction of sp³-hybridized carbons (Fsp3) is 0.286. The van der Waals surface area contributed by atoms with E-state index < -0.39 is 17.8 Å². The summed E-state index contributed by atoms with van der Waals surface area (Å²) < 4.78 is 56.8. The first-order valence-corrected chi connectivity index (χ1v) is 9.62. The lowest BCUT2D eigenvalue weighted by Gasteiger charge is -2.31.